The summed E-state index contributed by atoms with van der Waals surface area (Å²) in [7, 11) is 0. The van der Waals surface area contributed by atoms with Crippen molar-refractivity contribution in [1.82, 2.24) is 0 Å². The fourth-order valence-electron chi connectivity index (χ4n) is 3.25. The SMILES string of the molecule is CC[C@H](Oc1cccc(Cl)c1)C(=O)Nc1cccc(NC(=O)c2ccc(C(C)(C)C)cc2)c1. The molecule has 3 aromatic carbocycles. The maximum Gasteiger partial charge on any atom is 0.265 e. The molecule has 2 amide bonds. The molecule has 0 radical (unpaired) electrons. The highest BCUT2D eigenvalue weighted by atomic mass is 35.5. The Kier molecular flexibility index (Phi) is 7.77. The topological polar surface area (TPSA) is 67.4 Å². The van der Waals surface area contributed by atoms with E-state index in [1.807, 2.05) is 31.2 Å². The molecule has 172 valence electrons. The number of halogens is 1. The second-order valence-corrected chi connectivity index (χ2v) is 9.26. The Bertz CT molecular complexity index is 1120. The Morgan fingerprint density at radius 3 is 2.15 bits per heavy atom. The number of amides is 2. The molecule has 0 unspecified atom stereocenters. The van der Waals surface area contributed by atoms with Crippen molar-refractivity contribution < 1.29 is 14.3 Å². The van der Waals surface area contributed by atoms with E-state index in [9.17, 15) is 9.59 Å². The number of hydrogen-bond acceptors (Lipinski definition) is 3. The van der Waals surface area contributed by atoms with E-state index in [2.05, 4.69) is 31.4 Å². The molecule has 0 fully saturated rings. The standard InChI is InChI=1S/C27H29ClN2O3/c1-5-24(33-23-11-6-8-20(28)16-23)26(32)30-22-10-7-9-21(17-22)29-25(31)18-12-14-19(15-13-18)27(2,3)4/h6-17,24H,5H2,1-4H3,(H,29,31)(H,30,32)/t24-/m0/s1. The lowest BCUT2D eigenvalue weighted by atomic mass is 9.87. The molecule has 3 rings (SSSR count). The number of anilines is 2. The zero-order chi connectivity index (χ0) is 24.0. The van der Waals surface area contributed by atoms with Gasteiger partial charge in [-0.2, -0.15) is 0 Å². The Morgan fingerprint density at radius 1 is 0.909 bits per heavy atom. The summed E-state index contributed by atoms with van der Waals surface area (Å²) in [6.45, 7) is 8.26. The van der Waals surface area contributed by atoms with Gasteiger partial charge >= 0.3 is 0 Å². The summed E-state index contributed by atoms with van der Waals surface area (Å²) < 4.78 is 5.80. The van der Waals surface area contributed by atoms with Crippen molar-refractivity contribution in [1.29, 1.82) is 0 Å². The summed E-state index contributed by atoms with van der Waals surface area (Å²) in [5, 5.41) is 6.28. The highest BCUT2D eigenvalue weighted by Gasteiger charge is 2.19. The monoisotopic (exact) mass is 464 g/mol. The predicted octanol–water partition coefficient (Wildman–Crippen LogP) is 6.69. The van der Waals surface area contributed by atoms with Crippen LogP contribution in [0.2, 0.25) is 5.02 Å². The molecule has 1 atom stereocenters. The number of benzene rings is 3. The largest absolute Gasteiger partial charge is 0.481 e. The molecule has 0 heterocycles. The maximum absolute atomic E-state index is 12.7. The first-order chi connectivity index (χ1) is 15.7. The lowest BCUT2D eigenvalue weighted by Crippen LogP contribution is -2.32. The molecule has 0 saturated heterocycles. The molecule has 33 heavy (non-hydrogen) atoms. The first kappa shape index (κ1) is 24.3. The third-order valence-corrected chi connectivity index (χ3v) is 5.37. The van der Waals surface area contributed by atoms with Gasteiger partial charge in [-0.1, -0.05) is 63.6 Å². The average Bonchev–Trinajstić information content (AvgIpc) is 2.77. The minimum Gasteiger partial charge on any atom is -0.481 e. The summed E-state index contributed by atoms with van der Waals surface area (Å²) >= 11 is 6.00. The van der Waals surface area contributed by atoms with Crippen LogP contribution in [0.5, 0.6) is 5.75 Å². The van der Waals surface area contributed by atoms with Crippen molar-refractivity contribution >= 4 is 34.8 Å². The number of hydrogen-bond donors (Lipinski definition) is 2. The van der Waals surface area contributed by atoms with E-state index >= 15 is 0 Å². The minimum atomic E-state index is -0.678. The third kappa shape index (κ3) is 6.83. The number of rotatable bonds is 7. The molecule has 0 bridgehead atoms. The fraction of sp³-hybridized carbons (Fsp3) is 0.259. The van der Waals surface area contributed by atoms with Gasteiger partial charge in [0.2, 0.25) is 0 Å². The van der Waals surface area contributed by atoms with Crippen molar-refractivity contribution in [3.05, 3.63) is 88.9 Å². The van der Waals surface area contributed by atoms with Gasteiger partial charge in [0.15, 0.2) is 6.10 Å². The second-order valence-electron chi connectivity index (χ2n) is 8.82. The van der Waals surface area contributed by atoms with Crippen molar-refractivity contribution in [3.8, 4) is 5.75 Å². The van der Waals surface area contributed by atoms with E-state index in [0.717, 1.165) is 5.56 Å². The Morgan fingerprint density at radius 2 is 1.55 bits per heavy atom. The number of carbonyl (C=O) groups is 2. The average molecular weight is 465 g/mol. The first-order valence-corrected chi connectivity index (χ1v) is 11.3. The van der Waals surface area contributed by atoms with Gasteiger partial charge in [0.1, 0.15) is 5.75 Å². The van der Waals surface area contributed by atoms with Crippen LogP contribution >= 0.6 is 11.6 Å². The van der Waals surface area contributed by atoms with Gasteiger partial charge in [-0.05, 0) is 65.9 Å². The Balaban J connectivity index is 1.65. The molecular weight excluding hydrogens is 436 g/mol. The highest BCUT2D eigenvalue weighted by Crippen LogP contribution is 2.23. The van der Waals surface area contributed by atoms with Gasteiger partial charge in [-0.15, -0.1) is 0 Å². The molecule has 0 aromatic heterocycles. The molecule has 0 aliphatic carbocycles. The summed E-state index contributed by atoms with van der Waals surface area (Å²) in [5.74, 6) is 0.0383. The summed E-state index contributed by atoms with van der Waals surface area (Å²) in [6.07, 6.45) is -0.192. The van der Waals surface area contributed by atoms with E-state index in [-0.39, 0.29) is 17.2 Å². The van der Waals surface area contributed by atoms with Crippen molar-refractivity contribution in [3.63, 3.8) is 0 Å². The summed E-state index contributed by atoms with van der Waals surface area (Å²) in [4.78, 5) is 25.4. The smallest absolute Gasteiger partial charge is 0.265 e. The van der Waals surface area contributed by atoms with Gasteiger partial charge in [-0.25, -0.2) is 0 Å². The second kappa shape index (κ2) is 10.5. The van der Waals surface area contributed by atoms with E-state index < -0.39 is 6.10 Å². The van der Waals surface area contributed by atoms with E-state index in [1.165, 1.54) is 0 Å². The van der Waals surface area contributed by atoms with Gasteiger partial charge < -0.3 is 15.4 Å². The molecule has 6 heteroatoms. The zero-order valence-electron chi connectivity index (χ0n) is 19.3. The van der Waals surface area contributed by atoms with Gasteiger partial charge in [-0.3, -0.25) is 9.59 Å². The van der Waals surface area contributed by atoms with Crippen LogP contribution in [-0.4, -0.2) is 17.9 Å². The summed E-state index contributed by atoms with van der Waals surface area (Å²) in [5.41, 5.74) is 2.90. The van der Waals surface area contributed by atoms with E-state index in [1.54, 1.807) is 48.5 Å². The molecule has 0 aliphatic rings. The molecule has 0 saturated carbocycles. The normalized spacial score (nSPS) is 12.0. The van der Waals surface area contributed by atoms with Crippen LogP contribution in [0.3, 0.4) is 0 Å². The molecule has 0 aliphatic heterocycles. The molecule has 0 spiro atoms. The Labute approximate surface area is 200 Å². The van der Waals surface area contributed by atoms with Crippen LogP contribution in [0.1, 0.15) is 50.0 Å². The van der Waals surface area contributed by atoms with Crippen LogP contribution in [0.25, 0.3) is 0 Å². The summed E-state index contributed by atoms with van der Waals surface area (Å²) in [6, 6.07) is 21.5. The molecule has 2 N–H and O–H groups in total. The number of ether oxygens (including phenoxy) is 1. The highest BCUT2D eigenvalue weighted by molar-refractivity contribution is 6.30. The van der Waals surface area contributed by atoms with Gasteiger partial charge in [0.05, 0.1) is 0 Å². The van der Waals surface area contributed by atoms with E-state index in [4.69, 9.17) is 16.3 Å². The van der Waals surface area contributed by atoms with Crippen LogP contribution in [0.15, 0.2) is 72.8 Å². The lowest BCUT2D eigenvalue weighted by Gasteiger charge is -2.19. The molecule has 3 aromatic rings. The first-order valence-electron chi connectivity index (χ1n) is 10.9. The van der Waals surface area contributed by atoms with Crippen LogP contribution < -0.4 is 15.4 Å². The van der Waals surface area contributed by atoms with Crippen LogP contribution in [-0.2, 0) is 10.2 Å². The fourth-order valence-corrected chi connectivity index (χ4v) is 3.43. The van der Waals surface area contributed by atoms with Gasteiger partial charge in [0, 0.05) is 22.0 Å². The lowest BCUT2D eigenvalue weighted by molar-refractivity contribution is -0.122. The Hall–Kier alpha value is -3.31. The molecular formula is C27H29ClN2O3. The predicted molar refractivity (Wildman–Crippen MR) is 134 cm³/mol. The number of nitrogens with one attached hydrogen (secondary N) is 2. The van der Waals surface area contributed by atoms with Gasteiger partial charge in [0.25, 0.3) is 11.8 Å². The van der Waals surface area contributed by atoms with E-state index in [0.29, 0.717) is 34.1 Å². The van der Waals surface area contributed by atoms with Crippen molar-refractivity contribution in [2.75, 3.05) is 10.6 Å². The number of carbonyl (C=O) groups excluding carboxylic acids is 2. The zero-order valence-corrected chi connectivity index (χ0v) is 20.1. The van der Waals surface area contributed by atoms with Crippen LogP contribution in [0, 0.1) is 0 Å². The van der Waals surface area contributed by atoms with Crippen molar-refractivity contribution in [2.24, 2.45) is 0 Å². The third-order valence-electron chi connectivity index (χ3n) is 5.14. The quantitative estimate of drug-likeness (QED) is 0.409. The van der Waals surface area contributed by atoms with Crippen molar-refractivity contribution in [2.45, 2.75) is 45.6 Å². The maximum atomic E-state index is 12.7. The molecule has 5 nitrogen and oxygen atoms in total. The minimum absolute atomic E-state index is 0.0222. The van der Waals surface area contributed by atoms with Crippen LogP contribution in [0.4, 0.5) is 11.4 Å².